The second kappa shape index (κ2) is 5.76. The molecule has 1 aromatic carbocycles. The van der Waals surface area contributed by atoms with Gasteiger partial charge in [0.1, 0.15) is 11.4 Å². The first-order valence-electron chi connectivity index (χ1n) is 6.10. The summed E-state index contributed by atoms with van der Waals surface area (Å²) in [7, 11) is 0. The summed E-state index contributed by atoms with van der Waals surface area (Å²) >= 11 is 0. The van der Waals surface area contributed by atoms with Crippen LogP contribution in [0.1, 0.15) is 0 Å². The topological polar surface area (TPSA) is 124 Å². The minimum absolute atomic E-state index is 0.0703. The van der Waals surface area contributed by atoms with Crippen LogP contribution in [-0.2, 0) is 0 Å². The lowest BCUT2D eigenvalue weighted by Crippen LogP contribution is -2.40. The molecule has 0 aliphatic carbocycles. The van der Waals surface area contributed by atoms with Gasteiger partial charge in [0, 0.05) is 13.1 Å². The summed E-state index contributed by atoms with van der Waals surface area (Å²) in [5.41, 5.74) is 6.57. The standard InChI is InChI=1S/C12H16N4O4/c13-9-1-2-10(14(5-7-17)6-8-18)12-11(9)15(19)3-4-16(12)20/h1-4,17-18H,5-8,13H2. The Kier molecular flexibility index (Phi) is 4.06. The molecule has 8 heteroatoms. The molecule has 0 unspecified atom stereocenters. The molecule has 0 aliphatic heterocycles. The molecule has 0 amide bonds. The van der Waals surface area contributed by atoms with Crippen molar-refractivity contribution in [3.05, 3.63) is 34.9 Å². The van der Waals surface area contributed by atoms with E-state index in [9.17, 15) is 10.4 Å². The number of aromatic nitrogens is 2. The molecule has 0 saturated carbocycles. The van der Waals surface area contributed by atoms with Crippen LogP contribution in [0.4, 0.5) is 11.4 Å². The summed E-state index contributed by atoms with van der Waals surface area (Å²) in [6.45, 7) is 0.171. The van der Waals surface area contributed by atoms with Gasteiger partial charge < -0.3 is 31.3 Å². The molecule has 108 valence electrons. The predicted molar refractivity (Wildman–Crippen MR) is 72.7 cm³/mol. The molecule has 0 fully saturated rings. The summed E-state index contributed by atoms with van der Waals surface area (Å²) in [5, 5.41) is 41.9. The van der Waals surface area contributed by atoms with Gasteiger partial charge in [-0.15, -0.1) is 0 Å². The number of anilines is 2. The van der Waals surface area contributed by atoms with Gasteiger partial charge in [-0.1, -0.05) is 0 Å². The number of rotatable bonds is 5. The Morgan fingerprint density at radius 1 is 1.00 bits per heavy atom. The first-order chi connectivity index (χ1) is 9.60. The quantitative estimate of drug-likeness (QED) is 0.347. The van der Waals surface area contributed by atoms with Crippen molar-refractivity contribution in [1.82, 2.24) is 0 Å². The molecule has 20 heavy (non-hydrogen) atoms. The van der Waals surface area contributed by atoms with Crippen LogP contribution >= 0.6 is 0 Å². The molecule has 2 rings (SSSR count). The van der Waals surface area contributed by atoms with Crippen molar-refractivity contribution in [3.63, 3.8) is 0 Å². The lowest BCUT2D eigenvalue weighted by Gasteiger charge is -2.22. The molecule has 0 bridgehead atoms. The fourth-order valence-corrected chi connectivity index (χ4v) is 2.15. The van der Waals surface area contributed by atoms with Gasteiger partial charge in [0.2, 0.25) is 12.4 Å². The van der Waals surface area contributed by atoms with Crippen molar-refractivity contribution in [2.24, 2.45) is 0 Å². The van der Waals surface area contributed by atoms with Crippen LogP contribution in [0.2, 0.25) is 0 Å². The Labute approximate surface area is 115 Å². The smallest absolute Gasteiger partial charge is 0.315 e. The van der Waals surface area contributed by atoms with E-state index in [-0.39, 0.29) is 43.0 Å². The summed E-state index contributed by atoms with van der Waals surface area (Å²) in [5.74, 6) is 0. The molecule has 0 saturated heterocycles. The first kappa shape index (κ1) is 14.1. The van der Waals surface area contributed by atoms with Crippen molar-refractivity contribution in [2.45, 2.75) is 0 Å². The molecule has 8 nitrogen and oxygen atoms in total. The number of hydrogen-bond acceptors (Lipinski definition) is 6. The zero-order valence-electron chi connectivity index (χ0n) is 10.8. The maximum atomic E-state index is 12.0. The van der Waals surface area contributed by atoms with Gasteiger partial charge in [-0.3, -0.25) is 0 Å². The summed E-state index contributed by atoms with van der Waals surface area (Å²) in [6, 6.07) is 3.12. The van der Waals surface area contributed by atoms with Crippen molar-refractivity contribution in [1.29, 1.82) is 0 Å². The van der Waals surface area contributed by atoms with Crippen LogP contribution in [0.15, 0.2) is 24.5 Å². The highest BCUT2D eigenvalue weighted by atomic mass is 16.5. The molecule has 4 N–H and O–H groups in total. The van der Waals surface area contributed by atoms with Crippen LogP contribution in [0, 0.1) is 10.4 Å². The van der Waals surface area contributed by atoms with E-state index in [1.807, 2.05) is 0 Å². The maximum absolute atomic E-state index is 12.0. The largest absolute Gasteiger partial charge is 0.618 e. The number of nitrogens with zero attached hydrogens (tertiary/aromatic N) is 3. The van der Waals surface area contributed by atoms with Gasteiger partial charge in [-0.2, -0.15) is 9.46 Å². The van der Waals surface area contributed by atoms with E-state index in [4.69, 9.17) is 15.9 Å². The summed E-state index contributed by atoms with van der Waals surface area (Å²) in [6.07, 6.45) is 2.17. The van der Waals surface area contributed by atoms with Crippen molar-refractivity contribution >= 4 is 22.4 Å². The molecule has 0 spiro atoms. The summed E-state index contributed by atoms with van der Waals surface area (Å²) < 4.78 is 1.08. The average molecular weight is 280 g/mol. The fraction of sp³-hybridized carbons (Fsp3) is 0.333. The number of nitrogen functional groups attached to an aromatic ring is 1. The van der Waals surface area contributed by atoms with Gasteiger partial charge in [0.25, 0.3) is 0 Å². The van der Waals surface area contributed by atoms with Crippen LogP contribution in [0.5, 0.6) is 0 Å². The highest BCUT2D eigenvalue weighted by Crippen LogP contribution is 2.25. The lowest BCUT2D eigenvalue weighted by molar-refractivity contribution is -0.628. The monoisotopic (exact) mass is 280 g/mol. The zero-order chi connectivity index (χ0) is 14.7. The number of fused-ring (bicyclic) bond motifs is 1. The average Bonchev–Trinajstić information content (AvgIpc) is 2.43. The van der Waals surface area contributed by atoms with Crippen molar-refractivity contribution < 1.29 is 19.7 Å². The van der Waals surface area contributed by atoms with Crippen molar-refractivity contribution in [2.75, 3.05) is 36.9 Å². The van der Waals surface area contributed by atoms with E-state index < -0.39 is 0 Å². The second-order valence-electron chi connectivity index (χ2n) is 4.26. The Hall–Kier alpha value is -2.32. The SMILES string of the molecule is Nc1ccc(N(CCO)CCO)c2c1[n+]([O-])cc[n+]2[O-]. The molecular weight excluding hydrogens is 264 g/mol. The molecule has 0 aliphatic rings. The van der Waals surface area contributed by atoms with Crippen LogP contribution in [0.3, 0.4) is 0 Å². The Bertz CT molecular complexity index is 606. The van der Waals surface area contributed by atoms with E-state index in [0.29, 0.717) is 15.1 Å². The third-order valence-corrected chi connectivity index (χ3v) is 3.02. The third-order valence-electron chi connectivity index (χ3n) is 3.02. The van der Waals surface area contributed by atoms with Gasteiger partial charge in [-0.05, 0) is 12.1 Å². The Morgan fingerprint density at radius 3 is 2.10 bits per heavy atom. The lowest BCUT2D eigenvalue weighted by atomic mass is 10.2. The highest BCUT2D eigenvalue weighted by molar-refractivity contribution is 5.91. The predicted octanol–water partition coefficient (Wildman–Crippen LogP) is -1.52. The summed E-state index contributed by atoms with van der Waals surface area (Å²) in [4.78, 5) is 1.62. The first-order valence-corrected chi connectivity index (χ1v) is 6.10. The number of aliphatic hydroxyl groups is 2. The van der Waals surface area contributed by atoms with Gasteiger partial charge >= 0.3 is 11.0 Å². The minimum atomic E-state index is -0.144. The van der Waals surface area contributed by atoms with E-state index in [1.165, 1.54) is 6.07 Å². The maximum Gasteiger partial charge on any atom is 0.315 e. The van der Waals surface area contributed by atoms with Crippen molar-refractivity contribution in [3.8, 4) is 0 Å². The van der Waals surface area contributed by atoms with Gasteiger partial charge in [0.05, 0.1) is 13.2 Å². The van der Waals surface area contributed by atoms with Crippen LogP contribution < -0.4 is 20.1 Å². The van der Waals surface area contributed by atoms with E-state index >= 15 is 0 Å². The van der Waals surface area contributed by atoms with E-state index in [1.54, 1.807) is 11.0 Å². The number of hydrogen-bond donors (Lipinski definition) is 3. The minimum Gasteiger partial charge on any atom is -0.618 e. The molecule has 1 heterocycles. The van der Waals surface area contributed by atoms with Gasteiger partial charge in [0.15, 0.2) is 0 Å². The molecule has 0 radical (unpaired) electrons. The third kappa shape index (κ3) is 2.38. The zero-order valence-corrected chi connectivity index (χ0v) is 10.8. The molecule has 0 atom stereocenters. The van der Waals surface area contributed by atoms with E-state index in [0.717, 1.165) is 12.4 Å². The van der Waals surface area contributed by atoms with E-state index in [2.05, 4.69) is 0 Å². The Balaban J connectivity index is 2.70. The van der Waals surface area contributed by atoms with Crippen LogP contribution in [-0.4, -0.2) is 36.5 Å². The normalized spacial score (nSPS) is 10.9. The number of benzene rings is 1. The number of nitrogens with two attached hydrogens (primary N) is 1. The molecule has 1 aromatic heterocycles. The molecule has 2 aromatic rings. The second-order valence-corrected chi connectivity index (χ2v) is 4.26. The van der Waals surface area contributed by atoms with Gasteiger partial charge in [-0.25, -0.2) is 0 Å². The Morgan fingerprint density at radius 2 is 1.55 bits per heavy atom. The number of aliphatic hydroxyl groups excluding tert-OH is 2. The molecular formula is C12H16N4O4. The highest BCUT2D eigenvalue weighted by Gasteiger charge is 2.24. The van der Waals surface area contributed by atoms with Crippen LogP contribution in [0.25, 0.3) is 11.0 Å². The fourth-order valence-electron chi connectivity index (χ4n) is 2.15.